The number of anilines is 2. The van der Waals surface area contributed by atoms with Gasteiger partial charge in [-0.25, -0.2) is 9.78 Å². The molecule has 3 aromatic rings. The Kier molecular flexibility index (Phi) is 5.68. The highest BCUT2D eigenvalue weighted by molar-refractivity contribution is 7.14. The summed E-state index contributed by atoms with van der Waals surface area (Å²) in [6.07, 6.45) is 3.24. The van der Waals surface area contributed by atoms with Crippen molar-refractivity contribution in [1.29, 1.82) is 0 Å². The number of nitrogens with zero attached hydrogens (tertiary/aromatic N) is 2. The summed E-state index contributed by atoms with van der Waals surface area (Å²) in [4.78, 5) is 30.9. The van der Waals surface area contributed by atoms with Crippen LogP contribution in [0.5, 0.6) is 0 Å². The molecule has 0 unspecified atom stereocenters. The van der Waals surface area contributed by atoms with Crippen LogP contribution in [0.3, 0.4) is 0 Å². The molecule has 0 radical (unpaired) electrons. The van der Waals surface area contributed by atoms with Crippen molar-refractivity contribution in [3.63, 3.8) is 0 Å². The van der Waals surface area contributed by atoms with E-state index in [4.69, 9.17) is 4.74 Å². The summed E-state index contributed by atoms with van der Waals surface area (Å²) < 4.78 is 5.47. The lowest BCUT2D eigenvalue weighted by molar-refractivity contribution is -0.115. The number of benzene rings is 2. The first-order valence-electron chi connectivity index (χ1n) is 10.0. The molecule has 0 atom stereocenters. The van der Waals surface area contributed by atoms with E-state index in [1.165, 1.54) is 35.0 Å². The fourth-order valence-electron chi connectivity index (χ4n) is 3.68. The molecule has 0 bridgehead atoms. The third-order valence-electron chi connectivity index (χ3n) is 5.48. The molecular weight excluding hydrogens is 396 g/mol. The van der Waals surface area contributed by atoms with Crippen molar-refractivity contribution >= 4 is 34.0 Å². The van der Waals surface area contributed by atoms with E-state index in [1.807, 2.05) is 55.6 Å². The summed E-state index contributed by atoms with van der Waals surface area (Å²) in [6.45, 7) is 5.64. The number of rotatable bonds is 5. The van der Waals surface area contributed by atoms with Crippen LogP contribution in [-0.2, 0) is 29.0 Å². The van der Waals surface area contributed by atoms with Gasteiger partial charge in [0.15, 0.2) is 5.13 Å². The third kappa shape index (κ3) is 4.14. The molecule has 0 aliphatic heterocycles. The molecular formula is C24H24N2O3S. The van der Waals surface area contributed by atoms with E-state index < -0.39 is 0 Å². The topological polar surface area (TPSA) is 59.5 Å². The van der Waals surface area contributed by atoms with E-state index in [2.05, 4.69) is 4.98 Å². The molecule has 0 saturated heterocycles. The van der Waals surface area contributed by atoms with Gasteiger partial charge in [-0.2, -0.15) is 0 Å². The lowest BCUT2D eigenvalue weighted by Crippen LogP contribution is -2.22. The van der Waals surface area contributed by atoms with Crippen molar-refractivity contribution in [1.82, 2.24) is 4.98 Å². The molecule has 5 nitrogen and oxygen atoms in total. The number of carbonyl (C=O) groups excluding carboxylic acids is 2. The number of thiazole rings is 1. The Balaban J connectivity index is 1.47. The second-order valence-electron chi connectivity index (χ2n) is 7.66. The number of fused-ring (bicyclic) bond motifs is 1. The van der Waals surface area contributed by atoms with E-state index in [1.54, 1.807) is 4.90 Å². The highest BCUT2D eigenvalue weighted by atomic mass is 32.1. The summed E-state index contributed by atoms with van der Waals surface area (Å²) in [5.41, 5.74) is 6.82. The minimum atomic E-state index is -0.350. The molecule has 1 aromatic heterocycles. The molecule has 2 aromatic carbocycles. The molecule has 0 spiro atoms. The van der Waals surface area contributed by atoms with Crippen molar-refractivity contribution in [2.75, 3.05) is 4.90 Å². The molecule has 1 aliphatic carbocycles. The van der Waals surface area contributed by atoms with Gasteiger partial charge in [0.2, 0.25) is 5.91 Å². The summed E-state index contributed by atoms with van der Waals surface area (Å²) in [5, 5.41) is 2.39. The van der Waals surface area contributed by atoms with Gasteiger partial charge in [-0.05, 0) is 79.6 Å². The van der Waals surface area contributed by atoms with E-state index >= 15 is 0 Å². The Morgan fingerprint density at radius 1 is 1.07 bits per heavy atom. The van der Waals surface area contributed by atoms with Crippen LogP contribution >= 0.6 is 11.3 Å². The highest BCUT2D eigenvalue weighted by Gasteiger charge is 2.19. The van der Waals surface area contributed by atoms with Gasteiger partial charge in [-0.1, -0.05) is 12.1 Å². The predicted octanol–water partition coefficient (Wildman–Crippen LogP) is 5.29. The number of hydrogen-bond acceptors (Lipinski definition) is 5. The molecule has 4 rings (SSSR count). The number of hydrogen-bond donors (Lipinski definition) is 0. The molecule has 0 saturated carbocycles. The zero-order valence-electron chi connectivity index (χ0n) is 17.4. The second kappa shape index (κ2) is 8.40. The summed E-state index contributed by atoms with van der Waals surface area (Å²) >= 11 is 1.36. The number of amides is 1. The second-order valence-corrected chi connectivity index (χ2v) is 8.49. The molecule has 154 valence electrons. The van der Waals surface area contributed by atoms with Crippen LogP contribution in [0.4, 0.5) is 10.8 Å². The predicted molar refractivity (Wildman–Crippen MR) is 118 cm³/mol. The van der Waals surface area contributed by atoms with Gasteiger partial charge in [-0.15, -0.1) is 11.3 Å². The maximum absolute atomic E-state index is 12.4. The third-order valence-corrected chi connectivity index (χ3v) is 6.35. The first-order chi connectivity index (χ1) is 14.4. The van der Waals surface area contributed by atoms with Crippen LogP contribution in [0.2, 0.25) is 0 Å². The van der Waals surface area contributed by atoms with Gasteiger partial charge in [0.1, 0.15) is 6.61 Å². The van der Waals surface area contributed by atoms with Crippen molar-refractivity contribution in [2.45, 2.75) is 46.6 Å². The Hall–Kier alpha value is -2.99. The monoisotopic (exact) mass is 420 g/mol. The normalized spacial score (nSPS) is 12.5. The minimum absolute atomic E-state index is 0.0745. The zero-order valence-corrected chi connectivity index (χ0v) is 18.2. The molecule has 0 N–H and O–H groups in total. The maximum atomic E-state index is 12.4. The first kappa shape index (κ1) is 20.3. The Morgan fingerprint density at radius 3 is 2.63 bits per heavy atom. The van der Waals surface area contributed by atoms with E-state index in [0.29, 0.717) is 16.4 Å². The minimum Gasteiger partial charge on any atom is -0.456 e. The van der Waals surface area contributed by atoms with Crippen LogP contribution in [0.1, 0.15) is 51.7 Å². The fourth-order valence-corrected chi connectivity index (χ4v) is 4.55. The van der Waals surface area contributed by atoms with Crippen LogP contribution in [0, 0.1) is 13.8 Å². The molecule has 30 heavy (non-hydrogen) atoms. The standard InChI is InChI=1S/C24H24N2O3S/c1-15-7-10-22(11-16(15)2)26(17(3)27)24-25-21(14-30-24)13-29-23(28)20-9-8-18-5-4-6-19(18)12-20/h7-12,14H,4-6,13H2,1-3H3. The summed E-state index contributed by atoms with van der Waals surface area (Å²) in [7, 11) is 0. The van der Waals surface area contributed by atoms with Crippen molar-refractivity contribution in [3.05, 3.63) is 75.3 Å². The molecule has 1 heterocycles. The van der Waals surface area contributed by atoms with E-state index in [9.17, 15) is 9.59 Å². The fraction of sp³-hybridized carbons (Fsp3) is 0.292. The van der Waals surface area contributed by atoms with Crippen molar-refractivity contribution < 1.29 is 14.3 Å². The van der Waals surface area contributed by atoms with Crippen molar-refractivity contribution in [3.8, 4) is 0 Å². The van der Waals surface area contributed by atoms with Gasteiger partial charge in [0.25, 0.3) is 0 Å². The number of aromatic nitrogens is 1. The maximum Gasteiger partial charge on any atom is 0.338 e. The number of aryl methyl sites for hydroxylation is 4. The Bertz CT molecular complexity index is 1120. The van der Waals surface area contributed by atoms with E-state index in [0.717, 1.165) is 30.5 Å². The molecule has 0 fully saturated rings. The van der Waals surface area contributed by atoms with Gasteiger partial charge in [0.05, 0.1) is 16.9 Å². The van der Waals surface area contributed by atoms with Gasteiger partial charge in [-0.3, -0.25) is 9.69 Å². The highest BCUT2D eigenvalue weighted by Crippen LogP contribution is 2.30. The van der Waals surface area contributed by atoms with Crippen LogP contribution in [-0.4, -0.2) is 16.9 Å². The number of ether oxygens (including phenoxy) is 1. The SMILES string of the molecule is CC(=O)N(c1ccc(C)c(C)c1)c1nc(COC(=O)c2ccc3c(c2)CCC3)cs1. The van der Waals surface area contributed by atoms with Crippen LogP contribution in [0.15, 0.2) is 41.8 Å². The lowest BCUT2D eigenvalue weighted by atomic mass is 10.1. The largest absolute Gasteiger partial charge is 0.456 e. The number of carbonyl (C=O) groups is 2. The zero-order chi connectivity index (χ0) is 21.3. The van der Waals surface area contributed by atoms with Gasteiger partial charge in [0, 0.05) is 12.3 Å². The molecule has 6 heteroatoms. The average Bonchev–Trinajstić information content (AvgIpc) is 3.37. The van der Waals surface area contributed by atoms with E-state index in [-0.39, 0.29) is 18.5 Å². The lowest BCUT2D eigenvalue weighted by Gasteiger charge is -2.19. The van der Waals surface area contributed by atoms with Gasteiger partial charge < -0.3 is 4.74 Å². The first-order valence-corrected chi connectivity index (χ1v) is 10.9. The molecule has 1 amide bonds. The van der Waals surface area contributed by atoms with Gasteiger partial charge >= 0.3 is 5.97 Å². The van der Waals surface area contributed by atoms with Crippen molar-refractivity contribution in [2.24, 2.45) is 0 Å². The summed E-state index contributed by atoms with van der Waals surface area (Å²) in [5.74, 6) is -0.467. The average molecular weight is 421 g/mol. The smallest absolute Gasteiger partial charge is 0.338 e. The van der Waals surface area contributed by atoms with Crippen LogP contribution in [0.25, 0.3) is 0 Å². The van der Waals surface area contributed by atoms with Crippen LogP contribution < -0.4 is 4.90 Å². The quantitative estimate of drug-likeness (QED) is 0.526. The summed E-state index contributed by atoms with van der Waals surface area (Å²) in [6, 6.07) is 11.7. The molecule has 1 aliphatic rings. The Morgan fingerprint density at radius 2 is 1.87 bits per heavy atom. The Labute approximate surface area is 180 Å². The number of esters is 1.